The third kappa shape index (κ3) is 2.55. The van der Waals surface area contributed by atoms with Crippen molar-refractivity contribution in [2.24, 2.45) is 5.41 Å². The molecule has 0 saturated heterocycles. The molecule has 1 aliphatic rings. The highest BCUT2D eigenvalue weighted by atomic mass is 16.5. The van der Waals surface area contributed by atoms with E-state index in [9.17, 15) is 9.90 Å². The van der Waals surface area contributed by atoms with Crippen LogP contribution < -0.4 is 5.32 Å². The van der Waals surface area contributed by atoms with Gasteiger partial charge in [-0.3, -0.25) is 9.78 Å². The van der Waals surface area contributed by atoms with Crippen molar-refractivity contribution >= 4 is 5.91 Å². The van der Waals surface area contributed by atoms with E-state index in [0.717, 1.165) is 0 Å². The molecule has 2 atom stereocenters. The number of nitrogens with zero attached hydrogens (tertiary/aromatic N) is 1. The predicted octanol–water partition coefficient (Wildman–Crippen LogP) is 1.38. The predicted molar refractivity (Wildman–Crippen MR) is 75.3 cm³/mol. The molecule has 20 heavy (non-hydrogen) atoms. The second-order valence-corrected chi connectivity index (χ2v) is 5.82. The van der Waals surface area contributed by atoms with Crippen molar-refractivity contribution in [3.8, 4) is 0 Å². The molecule has 0 aromatic carbocycles. The van der Waals surface area contributed by atoms with Crippen molar-refractivity contribution in [3.63, 3.8) is 0 Å². The highest BCUT2D eigenvalue weighted by Crippen LogP contribution is 2.50. The lowest BCUT2D eigenvalue weighted by Gasteiger charge is -2.57. The molecule has 1 amide bonds. The molecule has 5 nitrogen and oxygen atoms in total. The molecule has 1 heterocycles. The second kappa shape index (κ2) is 5.50. The summed E-state index contributed by atoms with van der Waals surface area (Å²) in [5.41, 5.74) is -0.744. The molecular formula is C15H22N2O3. The van der Waals surface area contributed by atoms with Crippen molar-refractivity contribution in [2.45, 2.75) is 38.9 Å². The molecule has 1 aliphatic carbocycles. The van der Waals surface area contributed by atoms with Gasteiger partial charge in [0.15, 0.2) is 0 Å². The first-order chi connectivity index (χ1) is 9.40. The first-order valence-electron chi connectivity index (χ1n) is 6.93. The number of ether oxygens (including phenoxy) is 1. The lowest BCUT2D eigenvalue weighted by molar-refractivity contribution is -0.237. The Bertz CT molecular complexity index is 475. The largest absolute Gasteiger partial charge is 0.387 e. The third-order valence-electron chi connectivity index (χ3n) is 4.38. The minimum absolute atomic E-state index is 0.0373. The van der Waals surface area contributed by atoms with Crippen molar-refractivity contribution in [1.82, 2.24) is 10.3 Å². The van der Waals surface area contributed by atoms with E-state index in [2.05, 4.69) is 10.3 Å². The molecule has 0 radical (unpaired) electrons. The Morgan fingerprint density at radius 3 is 2.70 bits per heavy atom. The van der Waals surface area contributed by atoms with Gasteiger partial charge in [-0.2, -0.15) is 0 Å². The number of amides is 1. The number of hydrogen-bond donors (Lipinski definition) is 2. The van der Waals surface area contributed by atoms with Gasteiger partial charge < -0.3 is 15.2 Å². The van der Waals surface area contributed by atoms with E-state index < -0.39 is 5.60 Å². The highest BCUT2D eigenvalue weighted by molar-refractivity contribution is 5.94. The number of pyridine rings is 1. The van der Waals surface area contributed by atoms with Crippen LogP contribution in [-0.2, 0) is 4.74 Å². The minimum atomic E-state index is -0.921. The number of hydrogen-bond acceptors (Lipinski definition) is 4. The maximum absolute atomic E-state index is 12.0. The number of aromatic nitrogens is 1. The fourth-order valence-electron chi connectivity index (χ4n) is 2.59. The first kappa shape index (κ1) is 14.9. The van der Waals surface area contributed by atoms with Crippen LogP contribution >= 0.6 is 0 Å². The van der Waals surface area contributed by atoms with Crippen LogP contribution in [0, 0.1) is 5.41 Å². The van der Waals surface area contributed by atoms with Crippen molar-refractivity contribution < 1.29 is 14.6 Å². The van der Waals surface area contributed by atoms with Crippen molar-refractivity contribution in [2.75, 3.05) is 13.2 Å². The molecule has 1 saturated carbocycles. The third-order valence-corrected chi connectivity index (χ3v) is 4.38. The lowest BCUT2D eigenvalue weighted by atomic mass is 9.56. The SMILES string of the molecule is CCO[C@@H]1C[C@](O)(CNC(=O)c2ccncc2)C1(C)C. The van der Waals surface area contributed by atoms with E-state index in [4.69, 9.17) is 4.74 Å². The van der Waals surface area contributed by atoms with Crippen LogP contribution in [0.25, 0.3) is 0 Å². The second-order valence-electron chi connectivity index (χ2n) is 5.82. The van der Waals surface area contributed by atoms with E-state index in [-0.39, 0.29) is 24.0 Å². The van der Waals surface area contributed by atoms with Gasteiger partial charge >= 0.3 is 0 Å². The summed E-state index contributed by atoms with van der Waals surface area (Å²) in [5, 5.41) is 13.4. The number of carbonyl (C=O) groups is 1. The number of nitrogens with one attached hydrogen (secondary N) is 1. The summed E-state index contributed by atoms with van der Waals surface area (Å²) in [6.45, 7) is 6.74. The zero-order valence-electron chi connectivity index (χ0n) is 12.2. The van der Waals surface area contributed by atoms with E-state index >= 15 is 0 Å². The number of carbonyl (C=O) groups excluding carboxylic acids is 1. The van der Waals surface area contributed by atoms with Gasteiger partial charge in [0.1, 0.15) is 0 Å². The van der Waals surface area contributed by atoms with Gasteiger partial charge in [-0.25, -0.2) is 0 Å². The van der Waals surface area contributed by atoms with Gasteiger partial charge in [-0.05, 0) is 19.1 Å². The van der Waals surface area contributed by atoms with Crippen LogP contribution in [0.15, 0.2) is 24.5 Å². The highest BCUT2D eigenvalue weighted by Gasteiger charge is 2.59. The summed E-state index contributed by atoms with van der Waals surface area (Å²) >= 11 is 0. The van der Waals surface area contributed by atoms with Crippen LogP contribution in [0.4, 0.5) is 0 Å². The smallest absolute Gasteiger partial charge is 0.251 e. The van der Waals surface area contributed by atoms with Gasteiger partial charge in [0.25, 0.3) is 5.91 Å². The average molecular weight is 278 g/mol. The summed E-state index contributed by atoms with van der Waals surface area (Å²) in [7, 11) is 0. The van der Waals surface area contributed by atoms with E-state index in [0.29, 0.717) is 18.6 Å². The first-order valence-corrected chi connectivity index (χ1v) is 6.93. The van der Waals surface area contributed by atoms with Crippen molar-refractivity contribution in [1.29, 1.82) is 0 Å². The zero-order chi connectivity index (χ0) is 14.8. The maximum Gasteiger partial charge on any atom is 0.251 e. The molecule has 2 rings (SSSR count). The normalized spacial score (nSPS) is 27.7. The molecule has 0 spiro atoms. The molecule has 5 heteroatoms. The lowest BCUT2D eigenvalue weighted by Crippen LogP contribution is -2.68. The Hall–Kier alpha value is -1.46. The molecule has 1 aromatic rings. The van der Waals surface area contributed by atoms with Crippen LogP contribution in [-0.4, -0.2) is 40.9 Å². The minimum Gasteiger partial charge on any atom is -0.387 e. The molecule has 2 N–H and O–H groups in total. The quantitative estimate of drug-likeness (QED) is 0.853. The summed E-state index contributed by atoms with van der Waals surface area (Å²) in [5.74, 6) is -0.198. The van der Waals surface area contributed by atoms with Crippen LogP contribution in [0.1, 0.15) is 37.6 Å². The van der Waals surface area contributed by atoms with Gasteiger partial charge in [0.2, 0.25) is 0 Å². The maximum atomic E-state index is 12.0. The summed E-state index contributed by atoms with van der Waals surface area (Å²) in [6.07, 6.45) is 3.73. The van der Waals surface area contributed by atoms with Crippen LogP contribution in [0.5, 0.6) is 0 Å². The van der Waals surface area contributed by atoms with Gasteiger partial charge in [0.05, 0.1) is 11.7 Å². The van der Waals surface area contributed by atoms with Gasteiger partial charge in [0, 0.05) is 42.9 Å². The van der Waals surface area contributed by atoms with Crippen LogP contribution in [0.3, 0.4) is 0 Å². The fourth-order valence-corrected chi connectivity index (χ4v) is 2.59. The Kier molecular flexibility index (Phi) is 4.11. The van der Waals surface area contributed by atoms with Crippen molar-refractivity contribution in [3.05, 3.63) is 30.1 Å². The van der Waals surface area contributed by atoms with E-state index in [1.54, 1.807) is 24.5 Å². The number of aliphatic hydroxyl groups is 1. The Morgan fingerprint density at radius 2 is 2.15 bits per heavy atom. The molecular weight excluding hydrogens is 256 g/mol. The van der Waals surface area contributed by atoms with Gasteiger partial charge in [-0.1, -0.05) is 13.8 Å². The summed E-state index contributed by atoms with van der Waals surface area (Å²) in [6, 6.07) is 3.29. The van der Waals surface area contributed by atoms with Gasteiger partial charge in [-0.15, -0.1) is 0 Å². The monoisotopic (exact) mass is 278 g/mol. The Labute approximate surface area is 119 Å². The standard InChI is InChI=1S/C15H22N2O3/c1-4-20-12-9-15(19,14(12,2)3)10-17-13(18)11-5-7-16-8-6-11/h5-8,12,19H,4,9-10H2,1-3H3,(H,17,18)/t12-,15+/m1/s1. The molecule has 0 aliphatic heterocycles. The average Bonchev–Trinajstić information content (AvgIpc) is 2.45. The number of rotatable bonds is 5. The molecule has 110 valence electrons. The fraction of sp³-hybridized carbons (Fsp3) is 0.600. The summed E-state index contributed by atoms with van der Waals surface area (Å²) < 4.78 is 5.60. The topological polar surface area (TPSA) is 71.5 Å². The van der Waals surface area contributed by atoms with E-state index in [1.165, 1.54) is 0 Å². The Balaban J connectivity index is 1.93. The molecule has 1 fully saturated rings. The molecule has 0 unspecified atom stereocenters. The Morgan fingerprint density at radius 1 is 1.50 bits per heavy atom. The molecule has 0 bridgehead atoms. The zero-order valence-corrected chi connectivity index (χ0v) is 12.2. The van der Waals surface area contributed by atoms with E-state index in [1.807, 2.05) is 20.8 Å². The summed E-state index contributed by atoms with van der Waals surface area (Å²) in [4.78, 5) is 15.8. The van der Waals surface area contributed by atoms with Crippen LogP contribution in [0.2, 0.25) is 0 Å². The molecule has 1 aromatic heterocycles.